The Labute approximate surface area is 180 Å². The maximum absolute atomic E-state index is 14.0. The number of aromatic nitrogens is 2. The lowest BCUT2D eigenvalue weighted by Crippen LogP contribution is -2.03. The number of nitrogens with zero attached hydrogens (tertiary/aromatic N) is 1. The van der Waals surface area contributed by atoms with Crippen LogP contribution < -0.4 is 0 Å². The lowest BCUT2D eigenvalue weighted by atomic mass is 9.83. The van der Waals surface area contributed by atoms with Crippen molar-refractivity contribution in [2.45, 2.75) is 26.2 Å². The molecular weight excluding hydrogens is 391 g/mol. The molecule has 4 rings (SSSR count). The van der Waals surface area contributed by atoms with Gasteiger partial charge in [0.05, 0.1) is 6.20 Å². The van der Waals surface area contributed by atoms with Gasteiger partial charge in [0.15, 0.2) is 0 Å². The van der Waals surface area contributed by atoms with Gasteiger partial charge in [0.2, 0.25) is 0 Å². The van der Waals surface area contributed by atoms with E-state index in [1.165, 1.54) is 11.6 Å². The Morgan fingerprint density at radius 2 is 1.97 bits per heavy atom. The maximum atomic E-state index is 14.0. The molecule has 0 atom stereocenters. The number of carboxylic acid groups (broad SMARTS) is 1. The third kappa shape index (κ3) is 4.56. The van der Waals surface area contributed by atoms with Crippen molar-refractivity contribution in [3.63, 3.8) is 0 Å². The number of fused-ring (bicyclic) bond motifs is 1. The molecule has 156 valence electrons. The lowest BCUT2D eigenvalue weighted by molar-refractivity contribution is -0.131. The van der Waals surface area contributed by atoms with Gasteiger partial charge in [0.1, 0.15) is 5.82 Å². The van der Waals surface area contributed by atoms with Crippen LogP contribution in [0.4, 0.5) is 4.39 Å². The summed E-state index contributed by atoms with van der Waals surface area (Å²) in [5, 5.41) is 16.1. The van der Waals surface area contributed by atoms with Crippen LogP contribution in [-0.2, 0) is 11.2 Å². The third-order valence-electron chi connectivity index (χ3n) is 5.49. The molecule has 0 spiro atoms. The summed E-state index contributed by atoms with van der Waals surface area (Å²) in [4.78, 5) is 10.8. The van der Waals surface area contributed by atoms with Crippen molar-refractivity contribution in [3.05, 3.63) is 100 Å². The van der Waals surface area contributed by atoms with Gasteiger partial charge < -0.3 is 5.11 Å². The van der Waals surface area contributed by atoms with E-state index in [1.54, 1.807) is 18.2 Å². The van der Waals surface area contributed by atoms with Gasteiger partial charge in [0, 0.05) is 17.3 Å². The van der Waals surface area contributed by atoms with Crippen molar-refractivity contribution in [2.75, 3.05) is 0 Å². The molecular formula is C26H23FN2O2. The molecule has 5 heteroatoms. The third-order valence-corrected chi connectivity index (χ3v) is 5.49. The fourth-order valence-corrected chi connectivity index (χ4v) is 4.05. The topological polar surface area (TPSA) is 66.0 Å². The molecule has 1 aromatic heterocycles. The summed E-state index contributed by atoms with van der Waals surface area (Å²) in [6, 6.07) is 14.5. The van der Waals surface area contributed by atoms with Crippen LogP contribution in [0.15, 0.2) is 66.4 Å². The molecule has 0 radical (unpaired) electrons. The van der Waals surface area contributed by atoms with Crippen LogP contribution in [0.1, 0.15) is 47.7 Å². The standard InChI is InChI=1S/C26H23FN2O2/c1-2-23(19-4-3-5-22(27)15-19)26(20-11-12-24-21(14-20)16-28-29-24)18-9-6-17(7-10-18)8-13-25(30)31/h3-10,13-16H,2,11-12H2,1H3,(H,28,29)(H,30,31)/b13-8+,26-23+. The number of rotatable bonds is 6. The van der Waals surface area contributed by atoms with Crippen LogP contribution in [0.3, 0.4) is 0 Å². The van der Waals surface area contributed by atoms with E-state index in [-0.39, 0.29) is 5.82 Å². The molecule has 2 aromatic carbocycles. The van der Waals surface area contributed by atoms with Gasteiger partial charge in [-0.05, 0) is 77.0 Å². The Balaban J connectivity index is 1.87. The number of carbonyl (C=O) groups is 1. The Bertz CT molecular complexity index is 1200. The summed E-state index contributed by atoms with van der Waals surface area (Å²) in [5.41, 5.74) is 8.25. The largest absolute Gasteiger partial charge is 0.478 e. The van der Waals surface area contributed by atoms with Crippen LogP contribution in [0, 0.1) is 5.82 Å². The molecule has 0 amide bonds. The average Bonchev–Trinajstić information content (AvgIpc) is 3.24. The van der Waals surface area contributed by atoms with E-state index in [2.05, 4.69) is 23.2 Å². The number of nitrogens with one attached hydrogen (secondary N) is 1. The normalized spacial score (nSPS) is 14.2. The van der Waals surface area contributed by atoms with E-state index in [9.17, 15) is 9.18 Å². The fourth-order valence-electron chi connectivity index (χ4n) is 4.05. The quantitative estimate of drug-likeness (QED) is 0.384. The minimum Gasteiger partial charge on any atom is -0.478 e. The molecule has 0 bridgehead atoms. The number of aliphatic carboxylic acids is 1. The molecule has 0 aliphatic heterocycles. The second-order valence-electron chi connectivity index (χ2n) is 7.48. The molecule has 31 heavy (non-hydrogen) atoms. The molecule has 1 aliphatic carbocycles. The van der Waals surface area contributed by atoms with Crippen molar-refractivity contribution >= 4 is 29.3 Å². The van der Waals surface area contributed by atoms with Gasteiger partial charge in [-0.2, -0.15) is 5.10 Å². The highest BCUT2D eigenvalue weighted by Crippen LogP contribution is 2.39. The van der Waals surface area contributed by atoms with Crippen LogP contribution in [0.5, 0.6) is 0 Å². The van der Waals surface area contributed by atoms with Crippen molar-refractivity contribution in [2.24, 2.45) is 0 Å². The number of H-pyrrole nitrogens is 1. The highest BCUT2D eigenvalue weighted by molar-refractivity contribution is 6.01. The first kappa shape index (κ1) is 20.5. The summed E-state index contributed by atoms with van der Waals surface area (Å²) in [5.74, 6) is -1.24. The van der Waals surface area contributed by atoms with Crippen LogP contribution in [0.25, 0.3) is 23.3 Å². The van der Waals surface area contributed by atoms with E-state index in [0.29, 0.717) is 0 Å². The Morgan fingerprint density at radius 3 is 2.68 bits per heavy atom. The van der Waals surface area contributed by atoms with Gasteiger partial charge in [-0.3, -0.25) is 5.10 Å². The first-order valence-electron chi connectivity index (χ1n) is 10.3. The highest BCUT2D eigenvalue weighted by Gasteiger charge is 2.20. The summed E-state index contributed by atoms with van der Waals surface area (Å²) < 4.78 is 14.0. The van der Waals surface area contributed by atoms with E-state index in [1.807, 2.05) is 36.5 Å². The number of hydrogen-bond donors (Lipinski definition) is 2. The SMILES string of the molecule is CC/C(=C(\C1=Cc2cn[nH]c2CC1)c1ccc(/C=C/C(=O)O)cc1)c1cccc(F)c1. The molecule has 3 aromatic rings. The maximum Gasteiger partial charge on any atom is 0.328 e. The van der Waals surface area contributed by atoms with Gasteiger partial charge in [-0.15, -0.1) is 0 Å². The number of aryl methyl sites for hydroxylation is 1. The highest BCUT2D eigenvalue weighted by atomic mass is 19.1. The van der Waals surface area contributed by atoms with Crippen molar-refractivity contribution in [1.29, 1.82) is 0 Å². The molecule has 0 saturated carbocycles. The number of aromatic amines is 1. The zero-order valence-electron chi connectivity index (χ0n) is 17.2. The molecule has 2 N–H and O–H groups in total. The smallest absolute Gasteiger partial charge is 0.328 e. The summed E-state index contributed by atoms with van der Waals surface area (Å²) in [7, 11) is 0. The van der Waals surface area contributed by atoms with E-state index >= 15 is 0 Å². The molecule has 4 nitrogen and oxygen atoms in total. The van der Waals surface area contributed by atoms with Gasteiger partial charge in [0.25, 0.3) is 0 Å². The molecule has 1 aliphatic rings. The number of allylic oxidation sites excluding steroid dienone is 3. The first-order chi connectivity index (χ1) is 15.0. The zero-order chi connectivity index (χ0) is 21.8. The lowest BCUT2D eigenvalue weighted by Gasteiger charge is -2.21. The number of halogens is 1. The van der Waals surface area contributed by atoms with E-state index in [0.717, 1.165) is 64.4 Å². The number of hydrogen-bond acceptors (Lipinski definition) is 2. The first-order valence-corrected chi connectivity index (χ1v) is 10.3. The molecule has 0 saturated heterocycles. The summed E-state index contributed by atoms with van der Waals surface area (Å²) >= 11 is 0. The second-order valence-corrected chi connectivity index (χ2v) is 7.48. The molecule has 0 unspecified atom stereocenters. The van der Waals surface area contributed by atoms with Crippen LogP contribution in [-0.4, -0.2) is 21.3 Å². The van der Waals surface area contributed by atoms with Crippen molar-refractivity contribution in [1.82, 2.24) is 10.2 Å². The van der Waals surface area contributed by atoms with Crippen LogP contribution >= 0.6 is 0 Å². The van der Waals surface area contributed by atoms with Crippen molar-refractivity contribution in [3.8, 4) is 0 Å². The summed E-state index contributed by atoms with van der Waals surface area (Å²) in [6.07, 6.45) is 9.15. The molecule has 0 fully saturated rings. The number of carboxylic acids is 1. The zero-order valence-corrected chi connectivity index (χ0v) is 17.2. The Kier molecular flexibility index (Phi) is 5.94. The minimum atomic E-state index is -0.979. The minimum absolute atomic E-state index is 0.258. The Morgan fingerprint density at radius 1 is 1.16 bits per heavy atom. The van der Waals surface area contributed by atoms with Gasteiger partial charge in [-0.1, -0.05) is 43.3 Å². The predicted octanol–water partition coefficient (Wildman–Crippen LogP) is 6.00. The summed E-state index contributed by atoms with van der Waals surface area (Å²) in [6.45, 7) is 2.08. The van der Waals surface area contributed by atoms with Gasteiger partial charge in [-0.25, -0.2) is 9.18 Å². The van der Waals surface area contributed by atoms with E-state index < -0.39 is 5.97 Å². The molecule has 1 heterocycles. The monoisotopic (exact) mass is 414 g/mol. The second kappa shape index (κ2) is 8.96. The van der Waals surface area contributed by atoms with Crippen molar-refractivity contribution < 1.29 is 14.3 Å². The Hall–Kier alpha value is -3.73. The average molecular weight is 414 g/mol. The predicted molar refractivity (Wildman–Crippen MR) is 122 cm³/mol. The van der Waals surface area contributed by atoms with Crippen LogP contribution in [0.2, 0.25) is 0 Å². The number of benzene rings is 2. The van der Waals surface area contributed by atoms with E-state index in [4.69, 9.17) is 5.11 Å². The fraction of sp³-hybridized carbons (Fsp3) is 0.154. The van der Waals surface area contributed by atoms with Gasteiger partial charge >= 0.3 is 5.97 Å².